The molecule has 3 aromatic rings. The van der Waals surface area contributed by atoms with Crippen molar-refractivity contribution in [2.45, 2.75) is 31.4 Å². The van der Waals surface area contributed by atoms with Crippen molar-refractivity contribution in [3.05, 3.63) is 69.2 Å². The number of aromatic nitrogens is 2. The first-order valence-corrected chi connectivity index (χ1v) is 12.4. The van der Waals surface area contributed by atoms with Crippen LogP contribution in [0.2, 0.25) is 5.02 Å². The lowest BCUT2D eigenvalue weighted by Crippen LogP contribution is -2.35. The van der Waals surface area contributed by atoms with Gasteiger partial charge in [0.05, 0.1) is 23.8 Å². The van der Waals surface area contributed by atoms with Crippen LogP contribution < -0.4 is 5.32 Å². The number of hydrogen-bond acceptors (Lipinski definition) is 4. The van der Waals surface area contributed by atoms with Gasteiger partial charge in [-0.2, -0.15) is 18.3 Å². The van der Waals surface area contributed by atoms with Crippen LogP contribution in [0.3, 0.4) is 0 Å². The Hall–Kier alpha value is -2.07. The number of nitrogens with one attached hydrogen (secondary N) is 1. The van der Waals surface area contributed by atoms with Crippen LogP contribution >= 0.6 is 23.4 Å². The van der Waals surface area contributed by atoms with E-state index in [1.807, 2.05) is 18.2 Å². The van der Waals surface area contributed by atoms with E-state index < -0.39 is 17.9 Å². The number of halogens is 5. The van der Waals surface area contributed by atoms with E-state index in [9.17, 15) is 17.6 Å². The van der Waals surface area contributed by atoms with Crippen molar-refractivity contribution in [3.63, 3.8) is 0 Å². The standard InChI is InChI=1S/C24H23ClF4N4S/c25-18-3-2-16(22(7-18)24(27,28)29)11-33-23-4-1-15(5-17(23)9-31-33)6-21-13-32(14-34-21)12-20-8-19(26)10-30-20/h1-7,9,19-20,30H,8,10-14H2/t19-,20+/m1/s1. The van der Waals surface area contributed by atoms with Crippen LogP contribution in [-0.4, -0.2) is 52.4 Å². The van der Waals surface area contributed by atoms with Gasteiger partial charge in [-0.1, -0.05) is 23.7 Å². The van der Waals surface area contributed by atoms with Gasteiger partial charge in [-0.3, -0.25) is 9.58 Å². The van der Waals surface area contributed by atoms with Gasteiger partial charge >= 0.3 is 6.18 Å². The molecular weight excluding hydrogens is 488 g/mol. The Morgan fingerprint density at radius 2 is 2.06 bits per heavy atom. The first-order valence-electron chi connectivity index (χ1n) is 11.0. The van der Waals surface area contributed by atoms with Crippen LogP contribution in [0.5, 0.6) is 0 Å². The number of hydrogen-bond donors (Lipinski definition) is 1. The van der Waals surface area contributed by atoms with Gasteiger partial charge in [0.2, 0.25) is 0 Å². The number of thioether (sulfide) groups is 1. The molecule has 0 saturated carbocycles. The zero-order valence-corrected chi connectivity index (χ0v) is 19.7. The zero-order chi connectivity index (χ0) is 23.9. The number of rotatable bonds is 5. The van der Waals surface area contributed by atoms with Gasteiger partial charge in [0.1, 0.15) is 6.17 Å². The predicted molar refractivity (Wildman–Crippen MR) is 129 cm³/mol. The van der Waals surface area contributed by atoms with Gasteiger partial charge < -0.3 is 5.32 Å². The van der Waals surface area contributed by atoms with Crippen LogP contribution in [0.4, 0.5) is 17.6 Å². The molecule has 2 aliphatic heterocycles. The Morgan fingerprint density at radius 3 is 2.82 bits per heavy atom. The van der Waals surface area contributed by atoms with Crippen molar-refractivity contribution < 1.29 is 17.6 Å². The molecule has 3 heterocycles. The summed E-state index contributed by atoms with van der Waals surface area (Å²) in [6.07, 6.45) is -0.864. The first kappa shape index (κ1) is 23.7. The average Bonchev–Trinajstić information content (AvgIpc) is 3.50. The van der Waals surface area contributed by atoms with E-state index in [1.165, 1.54) is 17.0 Å². The maximum Gasteiger partial charge on any atom is 0.416 e. The fourth-order valence-electron chi connectivity index (χ4n) is 4.53. The molecule has 2 fully saturated rings. The summed E-state index contributed by atoms with van der Waals surface area (Å²) < 4.78 is 55.3. The normalized spacial score (nSPS) is 22.9. The minimum absolute atomic E-state index is 0.00427. The summed E-state index contributed by atoms with van der Waals surface area (Å²) in [6.45, 7) is 2.10. The summed E-state index contributed by atoms with van der Waals surface area (Å²) >= 11 is 7.57. The lowest BCUT2D eigenvalue weighted by Gasteiger charge is -2.18. The molecule has 1 N–H and O–H groups in total. The molecule has 5 rings (SSSR count). The maximum atomic E-state index is 13.5. The minimum Gasteiger partial charge on any atom is -0.310 e. The molecular formula is C24H23ClF4N4S. The monoisotopic (exact) mass is 510 g/mol. The van der Waals surface area contributed by atoms with Crippen molar-refractivity contribution in [2.75, 3.05) is 25.5 Å². The third kappa shape index (κ3) is 5.27. The third-order valence-corrected chi connectivity index (χ3v) is 7.50. The molecule has 0 bridgehead atoms. The highest BCUT2D eigenvalue weighted by Crippen LogP contribution is 2.35. The summed E-state index contributed by atoms with van der Waals surface area (Å²) in [5.41, 5.74) is 1.15. The molecule has 0 amide bonds. The zero-order valence-electron chi connectivity index (χ0n) is 18.2. The molecule has 10 heteroatoms. The molecule has 2 atom stereocenters. The smallest absolute Gasteiger partial charge is 0.310 e. The summed E-state index contributed by atoms with van der Waals surface area (Å²) in [7, 11) is 0. The molecule has 2 saturated heterocycles. The van der Waals surface area contributed by atoms with Gasteiger partial charge in [-0.25, -0.2) is 4.39 Å². The number of fused-ring (bicyclic) bond motifs is 1. The summed E-state index contributed by atoms with van der Waals surface area (Å²) in [4.78, 5) is 3.55. The molecule has 0 aliphatic carbocycles. The van der Waals surface area contributed by atoms with Crippen LogP contribution in [0.15, 0.2) is 47.5 Å². The molecule has 0 spiro atoms. The van der Waals surface area contributed by atoms with Gasteiger partial charge in [-0.05, 0) is 47.9 Å². The van der Waals surface area contributed by atoms with Gasteiger partial charge in [0.15, 0.2) is 0 Å². The molecule has 4 nitrogen and oxygen atoms in total. The number of nitrogens with zero attached hydrogens (tertiary/aromatic N) is 3. The summed E-state index contributed by atoms with van der Waals surface area (Å²) in [5, 5.41) is 8.47. The minimum atomic E-state index is -4.49. The molecule has 1 aromatic heterocycles. The first-order chi connectivity index (χ1) is 16.2. The lowest BCUT2D eigenvalue weighted by atomic mass is 10.1. The SMILES string of the molecule is F[C@H]1CN[C@H](CN2CSC(=Cc3ccc4c(cnn4Cc4ccc(Cl)cc4C(F)(F)F)c3)C2)C1. The van der Waals surface area contributed by atoms with Gasteiger partial charge in [0, 0.05) is 46.9 Å². The highest BCUT2D eigenvalue weighted by molar-refractivity contribution is 8.03. The Labute approximate surface area is 203 Å². The van der Waals surface area contributed by atoms with Crippen molar-refractivity contribution in [3.8, 4) is 0 Å². The maximum absolute atomic E-state index is 13.5. The molecule has 0 unspecified atom stereocenters. The average molecular weight is 511 g/mol. The lowest BCUT2D eigenvalue weighted by molar-refractivity contribution is -0.138. The van der Waals surface area contributed by atoms with E-state index in [2.05, 4.69) is 21.4 Å². The van der Waals surface area contributed by atoms with E-state index in [1.54, 1.807) is 22.6 Å². The highest BCUT2D eigenvalue weighted by atomic mass is 35.5. The molecule has 2 aliphatic rings. The van der Waals surface area contributed by atoms with E-state index in [0.717, 1.165) is 41.5 Å². The van der Waals surface area contributed by atoms with Crippen molar-refractivity contribution >= 4 is 40.3 Å². The van der Waals surface area contributed by atoms with E-state index >= 15 is 0 Å². The van der Waals surface area contributed by atoms with Crippen molar-refractivity contribution in [1.29, 1.82) is 0 Å². The van der Waals surface area contributed by atoms with Crippen molar-refractivity contribution in [1.82, 2.24) is 20.0 Å². The predicted octanol–water partition coefficient (Wildman–Crippen LogP) is 5.80. The van der Waals surface area contributed by atoms with E-state index in [4.69, 9.17) is 11.6 Å². The summed E-state index contributed by atoms with van der Waals surface area (Å²) in [6, 6.07) is 9.85. The molecule has 34 heavy (non-hydrogen) atoms. The Kier molecular flexibility index (Phi) is 6.63. The fourth-order valence-corrected chi connectivity index (χ4v) is 5.74. The number of benzene rings is 2. The number of alkyl halides is 4. The molecule has 0 radical (unpaired) electrons. The topological polar surface area (TPSA) is 33.1 Å². The van der Waals surface area contributed by atoms with Crippen LogP contribution in [0.25, 0.3) is 17.0 Å². The Balaban J connectivity index is 1.30. The van der Waals surface area contributed by atoms with Crippen LogP contribution in [-0.2, 0) is 12.7 Å². The fraction of sp³-hybridized carbons (Fsp3) is 0.375. The Morgan fingerprint density at radius 1 is 1.21 bits per heavy atom. The molecule has 2 aromatic carbocycles. The van der Waals surface area contributed by atoms with Crippen LogP contribution in [0.1, 0.15) is 23.1 Å². The third-order valence-electron chi connectivity index (χ3n) is 6.15. The van der Waals surface area contributed by atoms with Crippen molar-refractivity contribution in [2.24, 2.45) is 0 Å². The van der Waals surface area contributed by atoms with E-state index in [-0.39, 0.29) is 23.2 Å². The highest BCUT2D eigenvalue weighted by Gasteiger charge is 2.33. The summed E-state index contributed by atoms with van der Waals surface area (Å²) in [5.74, 6) is 0.879. The second-order valence-corrected chi connectivity index (χ2v) is 10.3. The van der Waals surface area contributed by atoms with Gasteiger partial charge in [-0.15, -0.1) is 11.8 Å². The quantitative estimate of drug-likeness (QED) is 0.440. The largest absolute Gasteiger partial charge is 0.416 e. The second kappa shape index (κ2) is 9.53. The molecule has 180 valence electrons. The van der Waals surface area contributed by atoms with E-state index in [0.29, 0.717) is 13.0 Å². The Bertz CT molecular complexity index is 1230. The van der Waals surface area contributed by atoms with Gasteiger partial charge in [0.25, 0.3) is 0 Å². The van der Waals surface area contributed by atoms with Crippen LogP contribution in [0, 0.1) is 0 Å². The second-order valence-electron chi connectivity index (χ2n) is 8.75.